The van der Waals surface area contributed by atoms with Crippen LogP contribution in [-0.2, 0) is 23.8 Å². The highest BCUT2D eigenvalue weighted by Crippen LogP contribution is 2.77. The maximum Gasteiger partial charge on any atom is 0.341 e. The Morgan fingerprint density at radius 1 is 1.06 bits per heavy atom. The van der Waals surface area contributed by atoms with Gasteiger partial charge in [0.25, 0.3) is 0 Å². The Morgan fingerprint density at radius 3 is 2.38 bits per heavy atom. The summed E-state index contributed by atoms with van der Waals surface area (Å²) < 4.78 is 18.7. The summed E-state index contributed by atoms with van der Waals surface area (Å²) in [5.41, 5.74) is -7.89. The van der Waals surface area contributed by atoms with Gasteiger partial charge in [-0.25, -0.2) is 4.79 Å². The molecule has 4 aliphatic carbocycles. The number of esters is 2. The number of aliphatic hydroxyl groups excluding tert-OH is 3. The zero-order valence-corrected chi connectivity index (χ0v) is 30.5. The van der Waals surface area contributed by atoms with Crippen molar-refractivity contribution in [2.24, 2.45) is 46.8 Å². The zero-order chi connectivity index (χ0) is 36.7. The van der Waals surface area contributed by atoms with Gasteiger partial charge in [-0.1, -0.05) is 27.7 Å². The molecule has 19 atom stereocenters. The van der Waals surface area contributed by atoms with Crippen molar-refractivity contribution in [2.75, 3.05) is 13.1 Å². The largest absolute Gasteiger partial charge is 0.456 e. The number of hydrogen-bond donors (Lipinski definition) is 7. The topological polar surface area (TPSA) is 207 Å². The molecule has 4 bridgehead atoms. The number of aliphatic hydroxyl groups is 7. The summed E-state index contributed by atoms with van der Waals surface area (Å²) in [7, 11) is 0. The summed E-state index contributed by atoms with van der Waals surface area (Å²) in [5, 5.41) is 83.5. The van der Waals surface area contributed by atoms with Gasteiger partial charge in [0.05, 0.1) is 35.4 Å². The molecule has 13 heteroatoms. The van der Waals surface area contributed by atoms with Crippen molar-refractivity contribution in [3.8, 4) is 0 Å². The maximum absolute atomic E-state index is 13.5. The molecule has 0 unspecified atom stereocenters. The molecule has 0 aromatic carbocycles. The minimum Gasteiger partial charge on any atom is -0.456 e. The highest BCUT2D eigenvalue weighted by Gasteiger charge is 2.87. The lowest BCUT2D eigenvalue weighted by atomic mass is 9.49. The number of fused-ring (bicyclic) bond motifs is 5. The van der Waals surface area contributed by atoms with Gasteiger partial charge in [0, 0.05) is 42.3 Å². The number of nitrogens with zero attached hydrogens (tertiary/aromatic N) is 1. The zero-order valence-electron chi connectivity index (χ0n) is 30.5. The predicted octanol–water partition coefficient (Wildman–Crippen LogP) is 0.466. The van der Waals surface area contributed by atoms with Crippen LogP contribution in [0, 0.1) is 46.8 Å². The second kappa shape index (κ2) is 11.5. The first-order valence-corrected chi connectivity index (χ1v) is 18.9. The smallest absolute Gasteiger partial charge is 0.341 e. The SMILES string of the molecule is CC[C@H](C)C(=O)O[C@H]1[C@H](O)[C@H]2[C@H](CN3C[C@H](C)CC[C@H]3[C@@]2(C)O)[C@@H]2C[C@]34O[C@]5(O)[C@H](OC(=O)[C@](C)(O)[C@H](C)O)CC[C@@]3(C)[C@H]5C[C@@H](O)[C@H]4[C@@]21O. The molecular weight excluding hydrogens is 650 g/mol. The van der Waals surface area contributed by atoms with E-state index in [1.54, 1.807) is 13.8 Å². The molecule has 7 N–H and O–H groups in total. The van der Waals surface area contributed by atoms with Crippen LogP contribution in [0.5, 0.6) is 0 Å². The predicted molar refractivity (Wildman–Crippen MR) is 176 cm³/mol. The molecule has 13 nitrogen and oxygen atoms in total. The number of hydrogen-bond acceptors (Lipinski definition) is 13. The highest BCUT2D eigenvalue weighted by atomic mass is 16.7. The van der Waals surface area contributed by atoms with E-state index >= 15 is 0 Å². The summed E-state index contributed by atoms with van der Waals surface area (Å²) in [5.74, 6) is -7.78. The molecule has 284 valence electrons. The molecule has 7 fully saturated rings. The van der Waals surface area contributed by atoms with Crippen molar-refractivity contribution in [1.29, 1.82) is 0 Å². The van der Waals surface area contributed by atoms with Gasteiger partial charge in [-0.2, -0.15) is 0 Å². The summed E-state index contributed by atoms with van der Waals surface area (Å²) in [6.07, 6.45) is -4.15. The second-order valence-corrected chi connectivity index (χ2v) is 18.2. The third-order valence-corrected chi connectivity index (χ3v) is 15.5. The molecule has 0 aromatic heterocycles. The van der Waals surface area contributed by atoms with E-state index in [0.717, 1.165) is 26.3 Å². The Kier molecular flexibility index (Phi) is 8.52. The fraction of sp³-hybridized carbons (Fsp3) is 0.946. The van der Waals surface area contributed by atoms with Crippen LogP contribution in [0.1, 0.15) is 93.4 Å². The van der Waals surface area contributed by atoms with E-state index in [2.05, 4.69) is 11.8 Å². The molecule has 0 aromatic rings. The lowest BCUT2D eigenvalue weighted by Gasteiger charge is -2.64. The van der Waals surface area contributed by atoms with Crippen LogP contribution in [0.25, 0.3) is 0 Å². The standard InChI is InChI=1S/C37H59NO12/c1-8-18(3)30(42)49-29-27(41)26-20(16-38-15-17(2)9-10-24(38)34(26,7)45)21-14-35-28(36(21,29)46)22(40)13-23-32(35,5)12-11-25(37(23,47)50-35)48-31(43)33(6,44)19(4)39/h17-29,39-41,44-47H,8-16H2,1-7H3/t17-,18+,19+,20-,21+,22-,23-,24+,25-,26-,27-,28-,29+,32+,33-,34-,35-,36+,37+/m1/s1. The minimum absolute atomic E-state index is 0.0328. The van der Waals surface area contributed by atoms with Gasteiger partial charge in [0.2, 0.25) is 5.79 Å². The molecule has 7 aliphatic rings. The molecule has 3 aliphatic heterocycles. The first-order chi connectivity index (χ1) is 23.1. The summed E-state index contributed by atoms with van der Waals surface area (Å²) in [6, 6.07) is -0.238. The maximum atomic E-state index is 13.5. The van der Waals surface area contributed by atoms with Gasteiger partial charge in [-0.15, -0.1) is 0 Å². The van der Waals surface area contributed by atoms with Gasteiger partial charge in [0.15, 0.2) is 17.8 Å². The Bertz CT molecular complexity index is 1390. The van der Waals surface area contributed by atoms with Crippen LogP contribution in [0.15, 0.2) is 0 Å². The van der Waals surface area contributed by atoms with E-state index in [1.807, 2.05) is 13.8 Å². The van der Waals surface area contributed by atoms with Crippen molar-refractivity contribution < 1.29 is 59.5 Å². The molecule has 0 radical (unpaired) electrons. The molecule has 0 amide bonds. The fourth-order valence-corrected chi connectivity index (χ4v) is 12.5. The Morgan fingerprint density at radius 2 is 1.74 bits per heavy atom. The lowest BCUT2D eigenvalue weighted by molar-refractivity contribution is -0.300. The molecule has 50 heavy (non-hydrogen) atoms. The average Bonchev–Trinajstić information content (AvgIpc) is 3.31. The molecule has 3 saturated heterocycles. The average molecular weight is 710 g/mol. The molecular formula is C37H59NO12. The number of ether oxygens (including phenoxy) is 3. The van der Waals surface area contributed by atoms with Gasteiger partial charge < -0.3 is 50.0 Å². The van der Waals surface area contributed by atoms with Gasteiger partial charge in [-0.3, -0.25) is 9.69 Å². The first kappa shape index (κ1) is 36.9. The van der Waals surface area contributed by atoms with Crippen LogP contribution in [-0.4, -0.2) is 130 Å². The quantitative estimate of drug-likeness (QED) is 0.188. The normalized spacial score (nSPS) is 54.6. The van der Waals surface area contributed by atoms with Crippen molar-refractivity contribution in [2.45, 2.75) is 158 Å². The lowest BCUT2D eigenvalue weighted by Crippen LogP contribution is -2.77. The number of carbonyl (C=O) groups is 2. The Balaban J connectivity index is 1.34. The molecule has 3 heterocycles. The van der Waals surface area contributed by atoms with E-state index in [-0.39, 0.29) is 25.3 Å². The first-order valence-electron chi connectivity index (χ1n) is 18.9. The van der Waals surface area contributed by atoms with Crippen LogP contribution in [0.3, 0.4) is 0 Å². The molecule has 1 spiro atoms. The number of rotatable bonds is 6. The molecule has 7 rings (SSSR count). The van der Waals surface area contributed by atoms with Gasteiger partial charge in [0.1, 0.15) is 5.60 Å². The second-order valence-electron chi connectivity index (χ2n) is 18.2. The number of carbonyl (C=O) groups excluding carboxylic acids is 2. The van der Waals surface area contributed by atoms with Crippen molar-refractivity contribution in [3.63, 3.8) is 0 Å². The van der Waals surface area contributed by atoms with Crippen molar-refractivity contribution >= 4 is 11.9 Å². The fourth-order valence-electron chi connectivity index (χ4n) is 12.5. The summed E-state index contributed by atoms with van der Waals surface area (Å²) >= 11 is 0. The van der Waals surface area contributed by atoms with E-state index in [4.69, 9.17) is 14.2 Å². The summed E-state index contributed by atoms with van der Waals surface area (Å²) in [6.45, 7) is 13.1. The van der Waals surface area contributed by atoms with Crippen LogP contribution in [0.2, 0.25) is 0 Å². The van der Waals surface area contributed by atoms with Crippen LogP contribution >= 0.6 is 0 Å². The molecule has 4 saturated carbocycles. The van der Waals surface area contributed by atoms with Crippen molar-refractivity contribution in [3.05, 3.63) is 0 Å². The highest BCUT2D eigenvalue weighted by molar-refractivity contribution is 5.79. The Hall–Kier alpha value is -1.42. The van der Waals surface area contributed by atoms with E-state index in [1.165, 1.54) is 6.92 Å². The van der Waals surface area contributed by atoms with Crippen LogP contribution < -0.4 is 0 Å². The Labute approximate surface area is 294 Å². The van der Waals surface area contributed by atoms with Crippen LogP contribution in [0.4, 0.5) is 0 Å². The summed E-state index contributed by atoms with van der Waals surface area (Å²) in [4.78, 5) is 28.9. The third-order valence-electron chi connectivity index (χ3n) is 15.5. The third kappa shape index (κ3) is 4.57. The van der Waals surface area contributed by atoms with Gasteiger partial charge in [-0.05, 0) is 83.5 Å². The van der Waals surface area contributed by atoms with E-state index in [0.29, 0.717) is 25.3 Å². The van der Waals surface area contributed by atoms with Crippen molar-refractivity contribution in [1.82, 2.24) is 4.90 Å². The monoisotopic (exact) mass is 709 g/mol. The minimum atomic E-state index is -2.25. The van der Waals surface area contributed by atoms with Gasteiger partial charge >= 0.3 is 11.9 Å². The van der Waals surface area contributed by atoms with E-state index in [9.17, 15) is 45.3 Å². The van der Waals surface area contributed by atoms with E-state index < -0.39 is 112 Å². The number of piperidine rings is 2.